The summed E-state index contributed by atoms with van der Waals surface area (Å²) in [4.78, 5) is 28.5. The normalized spacial score (nSPS) is 14.4. The molecule has 8 nitrogen and oxygen atoms in total. The first-order chi connectivity index (χ1) is 19.8. The first-order valence-electron chi connectivity index (χ1n) is 14.1. The number of rotatable bonds is 13. The number of benzene rings is 3. The van der Waals surface area contributed by atoms with Crippen molar-refractivity contribution in [1.29, 1.82) is 0 Å². The molecule has 2 amide bonds. The highest BCUT2D eigenvalue weighted by atomic mass is 32.2. The number of carbonyl (C=O) groups is 2. The van der Waals surface area contributed by atoms with Crippen molar-refractivity contribution < 1.29 is 22.7 Å². The van der Waals surface area contributed by atoms with Crippen LogP contribution in [0.3, 0.4) is 0 Å². The second-order valence-corrected chi connectivity index (χ2v) is 12.3. The summed E-state index contributed by atoms with van der Waals surface area (Å²) >= 11 is 0. The highest BCUT2D eigenvalue weighted by Crippen LogP contribution is 2.22. The topological polar surface area (TPSA) is 96.0 Å². The minimum atomic E-state index is -3.48. The first-order valence-corrected chi connectivity index (χ1v) is 15.5. The van der Waals surface area contributed by atoms with Gasteiger partial charge in [-0.25, -0.2) is 8.42 Å². The Morgan fingerprint density at radius 3 is 2.12 bits per heavy atom. The Bertz CT molecular complexity index is 1390. The minimum absolute atomic E-state index is 0.153. The average molecular weight is 578 g/mol. The van der Waals surface area contributed by atoms with Gasteiger partial charge < -0.3 is 15.0 Å². The third-order valence-corrected chi connectivity index (χ3v) is 9.40. The molecule has 1 saturated heterocycles. The van der Waals surface area contributed by atoms with E-state index < -0.39 is 16.1 Å². The van der Waals surface area contributed by atoms with Gasteiger partial charge in [0.1, 0.15) is 11.8 Å². The summed E-state index contributed by atoms with van der Waals surface area (Å²) in [5.41, 5.74) is 2.88. The standard InChI is InChI=1S/C32H39N3O5S/c1-25(32(37)33-21-20-26-8-4-3-5-9-26)35(24-28-10-15-29(40-2)16-11-28)31(36)19-14-27-12-17-30(18-13-27)41(38,39)34-22-6-7-23-34/h3-5,8-13,15-18,25H,6-7,14,19-24H2,1-2H3,(H,33,37). The molecule has 3 aromatic rings. The van der Waals surface area contributed by atoms with Crippen LogP contribution < -0.4 is 10.1 Å². The van der Waals surface area contributed by atoms with E-state index in [-0.39, 0.29) is 29.7 Å². The van der Waals surface area contributed by atoms with E-state index in [0.29, 0.717) is 38.2 Å². The summed E-state index contributed by atoms with van der Waals surface area (Å²) in [5.74, 6) is 0.355. The monoisotopic (exact) mass is 577 g/mol. The fourth-order valence-electron chi connectivity index (χ4n) is 4.93. The highest BCUT2D eigenvalue weighted by Gasteiger charge is 2.28. The van der Waals surface area contributed by atoms with Crippen molar-refractivity contribution >= 4 is 21.8 Å². The van der Waals surface area contributed by atoms with Crippen LogP contribution in [0.1, 0.15) is 42.9 Å². The fraction of sp³-hybridized carbons (Fsp3) is 0.375. The highest BCUT2D eigenvalue weighted by molar-refractivity contribution is 7.89. The summed E-state index contributed by atoms with van der Waals surface area (Å²) in [6.07, 6.45) is 3.10. The summed E-state index contributed by atoms with van der Waals surface area (Å²) in [6.45, 7) is 3.62. The third-order valence-electron chi connectivity index (χ3n) is 7.49. The Hall–Kier alpha value is -3.69. The van der Waals surface area contributed by atoms with Gasteiger partial charge in [0.05, 0.1) is 12.0 Å². The predicted molar refractivity (Wildman–Crippen MR) is 159 cm³/mol. The number of nitrogens with zero attached hydrogens (tertiary/aromatic N) is 2. The van der Waals surface area contributed by atoms with Crippen molar-refractivity contribution in [3.8, 4) is 5.75 Å². The molecule has 1 atom stereocenters. The van der Waals surface area contributed by atoms with E-state index in [1.165, 1.54) is 4.31 Å². The lowest BCUT2D eigenvalue weighted by Crippen LogP contribution is -2.48. The SMILES string of the molecule is COc1ccc(CN(C(=O)CCc2ccc(S(=O)(=O)N3CCCC3)cc2)C(C)C(=O)NCCc2ccccc2)cc1. The van der Waals surface area contributed by atoms with E-state index in [1.54, 1.807) is 43.2 Å². The van der Waals surface area contributed by atoms with Crippen molar-refractivity contribution in [2.45, 2.75) is 56.5 Å². The summed E-state index contributed by atoms with van der Waals surface area (Å²) < 4.78 is 32.4. The predicted octanol–water partition coefficient (Wildman–Crippen LogP) is 4.19. The van der Waals surface area contributed by atoms with E-state index in [1.807, 2.05) is 54.6 Å². The largest absolute Gasteiger partial charge is 0.497 e. The van der Waals surface area contributed by atoms with E-state index in [4.69, 9.17) is 4.74 Å². The van der Waals surface area contributed by atoms with Crippen molar-refractivity contribution in [2.24, 2.45) is 0 Å². The van der Waals surface area contributed by atoms with Crippen molar-refractivity contribution in [3.05, 3.63) is 95.6 Å². The number of sulfonamides is 1. The van der Waals surface area contributed by atoms with Gasteiger partial charge in [0.25, 0.3) is 0 Å². The number of amides is 2. The van der Waals surface area contributed by atoms with Crippen molar-refractivity contribution in [1.82, 2.24) is 14.5 Å². The molecule has 3 aromatic carbocycles. The second-order valence-electron chi connectivity index (χ2n) is 10.3. The van der Waals surface area contributed by atoms with Gasteiger partial charge in [-0.05, 0) is 73.6 Å². The first kappa shape index (κ1) is 30.3. The molecule has 1 heterocycles. The number of aryl methyl sites for hydroxylation is 1. The Labute approximate surface area is 243 Å². The molecule has 218 valence electrons. The molecule has 41 heavy (non-hydrogen) atoms. The average Bonchev–Trinajstić information content (AvgIpc) is 3.56. The zero-order valence-corrected chi connectivity index (χ0v) is 24.6. The van der Waals surface area contributed by atoms with Gasteiger partial charge >= 0.3 is 0 Å². The number of nitrogens with one attached hydrogen (secondary N) is 1. The quantitative estimate of drug-likeness (QED) is 0.329. The van der Waals surface area contributed by atoms with Gasteiger partial charge in [-0.2, -0.15) is 4.31 Å². The lowest BCUT2D eigenvalue weighted by atomic mass is 10.1. The number of ether oxygens (including phenoxy) is 1. The summed E-state index contributed by atoms with van der Waals surface area (Å²) in [7, 11) is -1.88. The third kappa shape index (κ3) is 8.17. The molecule has 1 fully saturated rings. The maximum absolute atomic E-state index is 13.5. The van der Waals surface area contributed by atoms with Crippen LogP contribution in [-0.2, 0) is 39.0 Å². The number of hydrogen-bond donors (Lipinski definition) is 1. The molecule has 0 aliphatic carbocycles. The van der Waals surface area contributed by atoms with Gasteiger partial charge in [-0.15, -0.1) is 0 Å². The van der Waals surface area contributed by atoms with Crippen LogP contribution in [0.4, 0.5) is 0 Å². The molecule has 1 unspecified atom stereocenters. The molecule has 4 rings (SSSR count). The van der Waals surface area contributed by atoms with Crippen molar-refractivity contribution in [2.75, 3.05) is 26.7 Å². The molecule has 1 aliphatic rings. The number of methoxy groups -OCH3 is 1. The van der Waals surface area contributed by atoms with Gasteiger partial charge in [-0.1, -0.05) is 54.6 Å². The van der Waals surface area contributed by atoms with Gasteiger partial charge in [-0.3, -0.25) is 9.59 Å². The number of carbonyl (C=O) groups excluding carboxylic acids is 2. The Balaban J connectivity index is 1.40. The molecular formula is C32H39N3O5S. The maximum Gasteiger partial charge on any atom is 0.243 e. The zero-order valence-electron chi connectivity index (χ0n) is 23.8. The molecule has 0 saturated carbocycles. The fourth-order valence-corrected chi connectivity index (χ4v) is 6.45. The molecule has 0 spiro atoms. The van der Waals surface area contributed by atoms with Crippen molar-refractivity contribution in [3.63, 3.8) is 0 Å². The van der Waals surface area contributed by atoms with Gasteiger partial charge in [0.2, 0.25) is 21.8 Å². The number of hydrogen-bond acceptors (Lipinski definition) is 5. The van der Waals surface area contributed by atoms with Crippen LogP contribution in [0.5, 0.6) is 5.75 Å². The Kier molecular flexibility index (Phi) is 10.5. The zero-order chi connectivity index (χ0) is 29.2. The maximum atomic E-state index is 13.5. The Morgan fingerprint density at radius 2 is 1.49 bits per heavy atom. The molecule has 1 aliphatic heterocycles. The Morgan fingerprint density at radius 1 is 0.878 bits per heavy atom. The minimum Gasteiger partial charge on any atom is -0.497 e. The molecule has 0 radical (unpaired) electrons. The molecular weight excluding hydrogens is 538 g/mol. The molecule has 1 N–H and O–H groups in total. The van der Waals surface area contributed by atoms with E-state index >= 15 is 0 Å². The van der Waals surface area contributed by atoms with E-state index in [9.17, 15) is 18.0 Å². The van der Waals surface area contributed by atoms with Crippen LogP contribution in [-0.4, -0.2) is 62.2 Å². The van der Waals surface area contributed by atoms with E-state index in [0.717, 1.165) is 29.5 Å². The van der Waals surface area contributed by atoms with Crippen LogP contribution in [0.2, 0.25) is 0 Å². The van der Waals surface area contributed by atoms with Crippen LogP contribution in [0, 0.1) is 0 Å². The lowest BCUT2D eigenvalue weighted by molar-refractivity contribution is -0.140. The summed E-state index contributed by atoms with van der Waals surface area (Å²) in [6, 6.07) is 23.5. The van der Waals surface area contributed by atoms with Crippen LogP contribution in [0.15, 0.2) is 83.8 Å². The second kappa shape index (κ2) is 14.3. The molecule has 9 heteroatoms. The van der Waals surface area contributed by atoms with Crippen LogP contribution >= 0.6 is 0 Å². The van der Waals surface area contributed by atoms with E-state index in [2.05, 4.69) is 5.32 Å². The summed E-state index contributed by atoms with van der Waals surface area (Å²) in [5, 5.41) is 2.97. The van der Waals surface area contributed by atoms with Crippen LogP contribution in [0.25, 0.3) is 0 Å². The van der Waals surface area contributed by atoms with Gasteiger partial charge in [0, 0.05) is 32.6 Å². The molecule has 0 bridgehead atoms. The molecule has 0 aromatic heterocycles. The van der Waals surface area contributed by atoms with Gasteiger partial charge in [0.15, 0.2) is 0 Å². The lowest BCUT2D eigenvalue weighted by Gasteiger charge is -2.29. The smallest absolute Gasteiger partial charge is 0.243 e.